The van der Waals surface area contributed by atoms with Crippen LogP contribution in [0.4, 0.5) is 36.8 Å². The second kappa shape index (κ2) is 12.5. The molecule has 2 aromatic heterocycles. The highest BCUT2D eigenvalue weighted by atomic mass is 28.3. The van der Waals surface area contributed by atoms with E-state index in [0.717, 1.165) is 10.9 Å². The molecule has 1 aliphatic heterocycles. The number of rotatable bonds is 10. The normalized spacial score (nSPS) is 20.1. The molecule has 0 unspecified atom stereocenters. The maximum Gasteiger partial charge on any atom is 0.407 e. The van der Waals surface area contributed by atoms with Crippen LogP contribution in [-0.2, 0) is 11.5 Å². The molecule has 1 fully saturated rings. The molecule has 0 saturated heterocycles. The van der Waals surface area contributed by atoms with Gasteiger partial charge in [-0.2, -0.15) is 26.3 Å². The van der Waals surface area contributed by atoms with Crippen LogP contribution in [0.25, 0.3) is 11.0 Å². The van der Waals surface area contributed by atoms with Crippen molar-refractivity contribution in [2.45, 2.75) is 76.5 Å². The summed E-state index contributed by atoms with van der Waals surface area (Å²) in [6, 6.07) is 2.41. The third-order valence-corrected chi connectivity index (χ3v) is 9.57. The summed E-state index contributed by atoms with van der Waals surface area (Å²) in [5.41, 5.74) is 1.04. The summed E-state index contributed by atoms with van der Waals surface area (Å²) in [4.78, 5) is 31.9. The first kappa shape index (κ1) is 32.9. The van der Waals surface area contributed by atoms with E-state index >= 15 is 0 Å². The van der Waals surface area contributed by atoms with Gasteiger partial charge in [0.1, 0.15) is 25.5 Å². The number of carboxylic acid groups (broad SMARTS) is 1. The standard InChI is InChI=1S/C27H37F6N5O4Si/c1-43(2,3)11-10-42-17-35-9-8-20-22-21(12-34-23(20)35)24(39)37(15-27(31,32)33)16-38(22)19-6-4-18(5-7-19)13-36(25(40)41)14-26(28,29)30/h8-9,12,18-19H,4-7,10-11,13-17H2,1-3H3,(H,40,41)/t18-,19-. The molecule has 4 rings (SSSR count). The van der Waals surface area contributed by atoms with Crippen LogP contribution < -0.4 is 4.90 Å². The number of ether oxygens (including phenoxy) is 1. The molecular formula is C27H37F6N5O4Si. The fraction of sp³-hybridized carbons (Fsp3) is 0.667. The van der Waals surface area contributed by atoms with Gasteiger partial charge in [0.15, 0.2) is 0 Å². The molecule has 1 aliphatic carbocycles. The van der Waals surface area contributed by atoms with E-state index in [1.807, 2.05) is 0 Å². The monoisotopic (exact) mass is 637 g/mol. The minimum absolute atomic E-state index is 0.0461. The van der Waals surface area contributed by atoms with Gasteiger partial charge in [0.2, 0.25) is 0 Å². The van der Waals surface area contributed by atoms with Crippen molar-refractivity contribution in [2.24, 2.45) is 5.92 Å². The Kier molecular flexibility index (Phi) is 9.59. The van der Waals surface area contributed by atoms with Crippen LogP contribution in [0, 0.1) is 5.92 Å². The lowest BCUT2D eigenvalue weighted by Crippen LogP contribution is -2.54. The Hall–Kier alpha value is -3.01. The van der Waals surface area contributed by atoms with Crippen molar-refractivity contribution in [1.29, 1.82) is 0 Å². The summed E-state index contributed by atoms with van der Waals surface area (Å²) in [6.07, 6.45) is -6.33. The second-order valence-electron chi connectivity index (χ2n) is 12.6. The summed E-state index contributed by atoms with van der Waals surface area (Å²) in [6.45, 7) is 3.90. The maximum absolute atomic E-state index is 13.4. The average molecular weight is 638 g/mol. The largest absolute Gasteiger partial charge is 0.465 e. The summed E-state index contributed by atoms with van der Waals surface area (Å²) in [5, 5.41) is 9.85. The highest BCUT2D eigenvalue weighted by Crippen LogP contribution is 2.40. The van der Waals surface area contributed by atoms with Crippen LogP contribution in [0.3, 0.4) is 0 Å². The van der Waals surface area contributed by atoms with E-state index in [2.05, 4.69) is 24.6 Å². The van der Waals surface area contributed by atoms with Gasteiger partial charge < -0.3 is 24.2 Å². The minimum Gasteiger partial charge on any atom is -0.465 e. The molecule has 0 radical (unpaired) electrons. The molecule has 2 aliphatic rings. The minimum atomic E-state index is -4.67. The Morgan fingerprint density at radius 1 is 1.12 bits per heavy atom. The predicted octanol–water partition coefficient (Wildman–Crippen LogP) is 6.23. The number of alkyl halides is 6. The number of anilines is 1. The molecule has 0 spiro atoms. The van der Waals surface area contributed by atoms with Crippen molar-refractivity contribution in [3.63, 3.8) is 0 Å². The fourth-order valence-electron chi connectivity index (χ4n) is 5.74. The van der Waals surface area contributed by atoms with E-state index in [1.165, 1.54) is 6.20 Å². The Balaban J connectivity index is 1.57. The van der Waals surface area contributed by atoms with E-state index in [1.54, 1.807) is 21.7 Å². The summed E-state index contributed by atoms with van der Waals surface area (Å²) in [5.74, 6) is -1.12. The van der Waals surface area contributed by atoms with Crippen LogP contribution >= 0.6 is 0 Å². The van der Waals surface area contributed by atoms with Crippen LogP contribution in [0.15, 0.2) is 18.5 Å². The number of amides is 2. The highest BCUT2D eigenvalue weighted by molar-refractivity contribution is 6.76. The molecule has 240 valence electrons. The molecule has 1 saturated carbocycles. The van der Waals surface area contributed by atoms with E-state index in [9.17, 15) is 41.0 Å². The molecule has 2 amide bonds. The van der Waals surface area contributed by atoms with Gasteiger partial charge in [0.05, 0.1) is 17.9 Å². The van der Waals surface area contributed by atoms with Gasteiger partial charge in [-0.25, -0.2) is 9.78 Å². The van der Waals surface area contributed by atoms with E-state index in [-0.39, 0.29) is 37.5 Å². The van der Waals surface area contributed by atoms with E-state index in [4.69, 9.17) is 4.74 Å². The first-order valence-electron chi connectivity index (χ1n) is 14.1. The maximum atomic E-state index is 13.4. The van der Waals surface area contributed by atoms with Gasteiger partial charge >= 0.3 is 18.4 Å². The Bertz CT molecular complexity index is 1300. The van der Waals surface area contributed by atoms with Crippen molar-refractivity contribution in [2.75, 3.05) is 37.8 Å². The van der Waals surface area contributed by atoms with Gasteiger partial charge in [-0.3, -0.25) is 9.69 Å². The summed E-state index contributed by atoms with van der Waals surface area (Å²) in [7, 11) is -1.30. The molecular weight excluding hydrogens is 600 g/mol. The Morgan fingerprint density at radius 3 is 2.37 bits per heavy atom. The zero-order valence-electron chi connectivity index (χ0n) is 24.3. The predicted molar refractivity (Wildman–Crippen MR) is 150 cm³/mol. The molecule has 1 N–H and O–H groups in total. The van der Waals surface area contributed by atoms with Crippen molar-refractivity contribution in [1.82, 2.24) is 19.4 Å². The highest BCUT2D eigenvalue weighted by Gasteiger charge is 2.42. The van der Waals surface area contributed by atoms with Crippen molar-refractivity contribution < 1.29 is 45.8 Å². The number of nitrogens with zero attached hydrogens (tertiary/aromatic N) is 5. The molecule has 0 atom stereocenters. The summed E-state index contributed by atoms with van der Waals surface area (Å²) < 4.78 is 86.5. The van der Waals surface area contributed by atoms with Gasteiger partial charge in [-0.05, 0) is 43.7 Å². The number of halogens is 6. The van der Waals surface area contributed by atoms with Crippen molar-refractivity contribution in [3.8, 4) is 0 Å². The number of carbonyl (C=O) groups is 2. The number of aromatic nitrogens is 2. The molecule has 0 bridgehead atoms. The number of hydrogen-bond donors (Lipinski definition) is 1. The summed E-state index contributed by atoms with van der Waals surface area (Å²) >= 11 is 0. The fourth-order valence-corrected chi connectivity index (χ4v) is 6.50. The third-order valence-electron chi connectivity index (χ3n) is 7.86. The number of pyridine rings is 1. The SMILES string of the molecule is C[Si](C)(C)CCOCn1ccc2c3c(cnc21)C(=O)N(CC(F)(F)F)CN3[C@H]1CC[C@H](CN(CC(F)(F)F)C(=O)O)CC1. The van der Waals surface area contributed by atoms with E-state index in [0.29, 0.717) is 53.9 Å². The lowest BCUT2D eigenvalue weighted by Gasteiger charge is -2.45. The third kappa shape index (κ3) is 8.55. The smallest absolute Gasteiger partial charge is 0.407 e. The van der Waals surface area contributed by atoms with E-state index < -0.39 is 45.5 Å². The average Bonchev–Trinajstić information content (AvgIpc) is 3.29. The molecule has 9 nitrogen and oxygen atoms in total. The van der Waals surface area contributed by atoms with Gasteiger partial charge in [0.25, 0.3) is 5.91 Å². The first-order valence-corrected chi connectivity index (χ1v) is 17.9. The Morgan fingerprint density at radius 2 is 1.79 bits per heavy atom. The lowest BCUT2D eigenvalue weighted by molar-refractivity contribution is -0.143. The second-order valence-corrected chi connectivity index (χ2v) is 18.2. The van der Waals surface area contributed by atoms with Crippen molar-refractivity contribution >= 4 is 36.8 Å². The van der Waals surface area contributed by atoms with Gasteiger partial charge in [-0.15, -0.1) is 0 Å². The zero-order chi connectivity index (χ0) is 31.7. The number of carbonyl (C=O) groups excluding carboxylic acids is 1. The molecule has 0 aromatic carbocycles. The lowest BCUT2D eigenvalue weighted by atomic mass is 9.84. The van der Waals surface area contributed by atoms with Crippen LogP contribution in [0.1, 0.15) is 36.0 Å². The quantitative estimate of drug-likeness (QED) is 0.189. The van der Waals surface area contributed by atoms with Crippen LogP contribution in [0.5, 0.6) is 0 Å². The first-order chi connectivity index (χ1) is 19.9. The molecule has 43 heavy (non-hydrogen) atoms. The van der Waals surface area contributed by atoms with Gasteiger partial charge in [0, 0.05) is 45.0 Å². The van der Waals surface area contributed by atoms with Crippen LogP contribution in [0.2, 0.25) is 25.7 Å². The number of hydrogen-bond acceptors (Lipinski definition) is 5. The zero-order valence-corrected chi connectivity index (χ0v) is 25.3. The molecule has 2 aromatic rings. The van der Waals surface area contributed by atoms with Gasteiger partial charge in [-0.1, -0.05) is 19.6 Å². The molecule has 16 heteroatoms. The Labute approximate surface area is 246 Å². The topological polar surface area (TPSA) is 91.1 Å². The number of fused-ring (bicyclic) bond motifs is 3. The van der Waals surface area contributed by atoms with Crippen LogP contribution in [-0.4, -0.2) is 95.8 Å². The van der Waals surface area contributed by atoms with Crippen molar-refractivity contribution in [3.05, 3.63) is 24.0 Å². The molecule has 3 heterocycles.